The minimum Gasteiger partial charge on any atom is -0.311 e. The zero-order valence-electron chi connectivity index (χ0n) is 18.8. The molecule has 168 valence electrons. The molecule has 1 unspecified atom stereocenters. The highest BCUT2D eigenvalue weighted by Gasteiger charge is 2.20. The van der Waals surface area contributed by atoms with Crippen LogP contribution >= 0.6 is 0 Å². The number of benzene rings is 1. The Morgan fingerprint density at radius 3 is 2.61 bits per heavy atom. The van der Waals surface area contributed by atoms with Gasteiger partial charge in [-0.3, -0.25) is 9.98 Å². The van der Waals surface area contributed by atoms with Crippen LogP contribution < -0.4 is 5.32 Å². The Hall–Kier alpha value is -3.25. The third kappa shape index (κ3) is 4.48. The molecular weight excluding hydrogens is 418 g/mol. The highest BCUT2D eigenvalue weighted by atomic mass is 19.2. The zero-order valence-corrected chi connectivity index (χ0v) is 18.8. The second-order valence-electron chi connectivity index (χ2n) is 8.92. The van der Waals surface area contributed by atoms with E-state index in [1.54, 1.807) is 6.07 Å². The second kappa shape index (κ2) is 8.94. The maximum atomic E-state index is 13.8. The Morgan fingerprint density at radius 1 is 0.970 bits per heavy atom. The average Bonchev–Trinajstić information content (AvgIpc) is 3.30. The molecular formula is C27H26F2N4. The van der Waals surface area contributed by atoms with Crippen LogP contribution in [0.5, 0.6) is 0 Å². The SMILES string of the molecule is CC(C)NC1CC=C(c2cnc3ccc(C4=CCN=C4c4ccc(F)c(F)c4)nc3c2)CC1. The van der Waals surface area contributed by atoms with Crippen molar-refractivity contribution in [1.82, 2.24) is 15.3 Å². The molecule has 0 bridgehead atoms. The van der Waals surface area contributed by atoms with E-state index in [0.717, 1.165) is 53.2 Å². The molecule has 1 aliphatic carbocycles. The van der Waals surface area contributed by atoms with Gasteiger partial charge in [0.25, 0.3) is 0 Å². The van der Waals surface area contributed by atoms with Crippen molar-refractivity contribution in [2.24, 2.45) is 4.99 Å². The van der Waals surface area contributed by atoms with Gasteiger partial charge in [0.05, 0.1) is 29.0 Å². The molecule has 0 saturated carbocycles. The molecule has 6 heteroatoms. The Balaban J connectivity index is 1.43. The summed E-state index contributed by atoms with van der Waals surface area (Å²) in [5, 5.41) is 3.61. The van der Waals surface area contributed by atoms with Gasteiger partial charge in [0.2, 0.25) is 0 Å². The first-order chi connectivity index (χ1) is 16.0. The molecule has 3 aromatic rings. The molecule has 1 aliphatic heterocycles. The van der Waals surface area contributed by atoms with Crippen molar-refractivity contribution in [3.05, 3.63) is 83.2 Å². The van der Waals surface area contributed by atoms with Crippen LogP contribution in [0.4, 0.5) is 8.78 Å². The van der Waals surface area contributed by atoms with E-state index in [9.17, 15) is 8.78 Å². The van der Waals surface area contributed by atoms with Crippen molar-refractivity contribution in [2.45, 2.75) is 45.2 Å². The third-order valence-electron chi connectivity index (χ3n) is 6.16. The summed E-state index contributed by atoms with van der Waals surface area (Å²) < 4.78 is 27.2. The smallest absolute Gasteiger partial charge is 0.159 e. The van der Waals surface area contributed by atoms with E-state index < -0.39 is 11.6 Å². The van der Waals surface area contributed by atoms with Gasteiger partial charge in [0.1, 0.15) is 0 Å². The fraction of sp³-hybridized carbons (Fsp3) is 0.296. The van der Waals surface area contributed by atoms with Gasteiger partial charge in [-0.2, -0.15) is 0 Å². The van der Waals surface area contributed by atoms with Gasteiger partial charge in [-0.05, 0) is 66.8 Å². The Bertz CT molecular complexity index is 1310. The summed E-state index contributed by atoms with van der Waals surface area (Å²) in [6.45, 7) is 4.84. The van der Waals surface area contributed by atoms with Gasteiger partial charge in [0.15, 0.2) is 11.6 Å². The molecule has 1 N–H and O–H groups in total. The first-order valence-electron chi connectivity index (χ1n) is 11.4. The van der Waals surface area contributed by atoms with Crippen LogP contribution in [0.25, 0.3) is 22.2 Å². The molecule has 5 rings (SSSR count). The lowest BCUT2D eigenvalue weighted by atomic mass is 9.91. The fourth-order valence-corrected chi connectivity index (χ4v) is 4.58. The molecule has 1 aromatic carbocycles. The van der Waals surface area contributed by atoms with Crippen LogP contribution in [0.2, 0.25) is 0 Å². The Morgan fingerprint density at radius 2 is 1.85 bits per heavy atom. The van der Waals surface area contributed by atoms with E-state index in [-0.39, 0.29) is 0 Å². The number of hydrogen-bond donors (Lipinski definition) is 1. The van der Waals surface area contributed by atoms with Crippen LogP contribution in [0.15, 0.2) is 59.7 Å². The van der Waals surface area contributed by atoms with Gasteiger partial charge in [-0.25, -0.2) is 13.8 Å². The number of rotatable bonds is 5. The summed E-state index contributed by atoms with van der Waals surface area (Å²) in [5.41, 5.74) is 6.79. The Labute approximate surface area is 192 Å². The van der Waals surface area contributed by atoms with Crippen LogP contribution in [0, 0.1) is 11.6 Å². The van der Waals surface area contributed by atoms with Crippen LogP contribution in [0.1, 0.15) is 49.9 Å². The summed E-state index contributed by atoms with van der Waals surface area (Å²) >= 11 is 0. The molecule has 0 radical (unpaired) electrons. The molecule has 33 heavy (non-hydrogen) atoms. The molecule has 0 amide bonds. The maximum absolute atomic E-state index is 13.8. The summed E-state index contributed by atoms with van der Waals surface area (Å²) in [4.78, 5) is 14.0. The van der Waals surface area contributed by atoms with Crippen LogP contribution in [-0.4, -0.2) is 34.3 Å². The summed E-state index contributed by atoms with van der Waals surface area (Å²) in [7, 11) is 0. The van der Waals surface area contributed by atoms with E-state index >= 15 is 0 Å². The highest BCUT2D eigenvalue weighted by Crippen LogP contribution is 2.30. The van der Waals surface area contributed by atoms with Gasteiger partial charge < -0.3 is 5.32 Å². The van der Waals surface area contributed by atoms with Crippen molar-refractivity contribution >= 4 is 27.9 Å². The molecule has 2 aliphatic rings. The minimum absolute atomic E-state index is 0.486. The lowest BCUT2D eigenvalue weighted by Gasteiger charge is -2.25. The lowest BCUT2D eigenvalue weighted by Crippen LogP contribution is -2.35. The van der Waals surface area contributed by atoms with Crippen molar-refractivity contribution in [2.75, 3.05) is 6.54 Å². The number of aliphatic imine (C=N–C) groups is 1. The maximum Gasteiger partial charge on any atom is 0.159 e. The van der Waals surface area contributed by atoms with Crippen molar-refractivity contribution in [3.8, 4) is 0 Å². The van der Waals surface area contributed by atoms with Crippen LogP contribution in [-0.2, 0) is 0 Å². The lowest BCUT2D eigenvalue weighted by molar-refractivity contribution is 0.437. The first-order valence-corrected chi connectivity index (χ1v) is 11.4. The molecule has 0 saturated heterocycles. The molecule has 1 atom stereocenters. The number of halogens is 2. The summed E-state index contributed by atoms with van der Waals surface area (Å²) in [6, 6.07) is 10.8. The van der Waals surface area contributed by atoms with E-state index in [0.29, 0.717) is 29.9 Å². The molecule has 2 aromatic heterocycles. The largest absolute Gasteiger partial charge is 0.311 e. The van der Waals surface area contributed by atoms with Gasteiger partial charge in [-0.1, -0.05) is 26.0 Å². The highest BCUT2D eigenvalue weighted by molar-refractivity contribution is 6.32. The van der Waals surface area contributed by atoms with Gasteiger partial charge >= 0.3 is 0 Å². The summed E-state index contributed by atoms with van der Waals surface area (Å²) in [5.74, 6) is -1.75. The Kier molecular flexibility index (Phi) is 5.85. The monoisotopic (exact) mass is 444 g/mol. The van der Waals surface area contributed by atoms with Gasteiger partial charge in [-0.15, -0.1) is 0 Å². The van der Waals surface area contributed by atoms with E-state index in [2.05, 4.69) is 41.3 Å². The van der Waals surface area contributed by atoms with Crippen molar-refractivity contribution < 1.29 is 8.78 Å². The second-order valence-corrected chi connectivity index (χ2v) is 8.92. The topological polar surface area (TPSA) is 50.2 Å². The molecule has 0 fully saturated rings. The predicted octanol–water partition coefficient (Wildman–Crippen LogP) is 5.73. The number of hydrogen-bond acceptors (Lipinski definition) is 4. The molecule has 0 spiro atoms. The zero-order chi connectivity index (χ0) is 22.9. The predicted molar refractivity (Wildman–Crippen MR) is 129 cm³/mol. The average molecular weight is 445 g/mol. The van der Waals surface area contributed by atoms with Crippen LogP contribution in [0.3, 0.4) is 0 Å². The van der Waals surface area contributed by atoms with E-state index in [1.165, 1.54) is 11.6 Å². The fourth-order valence-electron chi connectivity index (χ4n) is 4.58. The number of aromatic nitrogens is 2. The number of pyridine rings is 2. The van der Waals surface area contributed by atoms with Crippen molar-refractivity contribution in [3.63, 3.8) is 0 Å². The first kappa shape index (κ1) is 21.6. The number of fused-ring (bicyclic) bond motifs is 1. The third-order valence-corrected chi connectivity index (χ3v) is 6.16. The number of nitrogens with zero attached hydrogens (tertiary/aromatic N) is 3. The van der Waals surface area contributed by atoms with Gasteiger partial charge in [0, 0.05) is 29.4 Å². The number of allylic oxidation sites excluding steroid dienone is 2. The number of nitrogens with one attached hydrogen (secondary N) is 1. The quantitative estimate of drug-likeness (QED) is 0.547. The molecule has 3 heterocycles. The summed E-state index contributed by atoms with van der Waals surface area (Å²) in [6.07, 6.45) is 9.33. The van der Waals surface area contributed by atoms with Crippen molar-refractivity contribution in [1.29, 1.82) is 0 Å². The molecule has 4 nitrogen and oxygen atoms in total. The van der Waals surface area contributed by atoms with E-state index in [4.69, 9.17) is 4.98 Å². The minimum atomic E-state index is -0.881. The van der Waals surface area contributed by atoms with E-state index in [1.807, 2.05) is 24.4 Å². The standard InChI is InChI=1S/C27H26F2N4/c1-16(2)32-20-6-3-17(4-7-20)19-14-26-25(31-15-19)10-9-24(33-26)21-11-12-30-27(21)18-5-8-22(28)23(29)13-18/h3,5,8-11,13-16,20,32H,4,6-7,12H2,1-2H3. The normalized spacial score (nSPS) is 18.5.